The zero-order chi connectivity index (χ0) is 48.2. The van der Waals surface area contributed by atoms with Gasteiger partial charge < -0.3 is 9.47 Å². The van der Waals surface area contributed by atoms with Crippen LogP contribution in [0, 0.1) is 0 Å². The maximum absolute atomic E-state index is 2.57. The van der Waals surface area contributed by atoms with Crippen molar-refractivity contribution in [3.8, 4) is 39.1 Å². The van der Waals surface area contributed by atoms with E-state index in [0.29, 0.717) is 0 Å². The van der Waals surface area contributed by atoms with E-state index >= 15 is 0 Å². The zero-order valence-corrected chi connectivity index (χ0v) is 40.6. The molecule has 0 atom stereocenters. The molecule has 16 rings (SSSR count). The van der Waals surface area contributed by atoms with Crippen molar-refractivity contribution in [1.82, 2.24) is 4.57 Å². The second-order valence-corrected chi connectivity index (χ2v) is 21.1. The molecule has 342 valence electrons. The SMILES string of the molecule is CC1(C)c2ccccc2-c2ccc(-n3c4ccccc4c4ccc(N(c5ccccc5)c5cccc6c5C5(c7ccccc7-c7ccccc75)c5ccccc5C65c6ccccc6-c6ccccc65)cc43)cc21. The highest BCUT2D eigenvalue weighted by molar-refractivity contribution is 6.11. The molecule has 4 aliphatic carbocycles. The first-order valence-corrected chi connectivity index (χ1v) is 25.8. The second kappa shape index (κ2) is 14.6. The van der Waals surface area contributed by atoms with Gasteiger partial charge in [0.05, 0.1) is 27.6 Å². The lowest BCUT2D eigenvalue weighted by Crippen LogP contribution is -2.44. The number of fused-ring (bicyclic) bond motifs is 22. The quantitative estimate of drug-likeness (QED) is 0.171. The molecule has 0 aliphatic heterocycles. The van der Waals surface area contributed by atoms with Crippen molar-refractivity contribution in [2.45, 2.75) is 30.1 Å². The van der Waals surface area contributed by atoms with E-state index in [4.69, 9.17) is 0 Å². The highest BCUT2D eigenvalue weighted by Gasteiger charge is 2.60. The van der Waals surface area contributed by atoms with Crippen LogP contribution in [-0.2, 0) is 16.2 Å². The Hall–Kier alpha value is -8.98. The third kappa shape index (κ3) is 5.03. The molecular weight excluding hydrogens is 881 g/mol. The molecular formula is C71H48N2. The first-order chi connectivity index (χ1) is 36.0. The minimum atomic E-state index is -0.672. The lowest BCUT2D eigenvalue weighted by Gasteiger charge is -2.50. The largest absolute Gasteiger partial charge is 0.310 e. The fourth-order valence-electron chi connectivity index (χ4n) is 14.7. The summed E-state index contributed by atoms with van der Waals surface area (Å²) in [5.74, 6) is 0. The molecule has 2 spiro atoms. The van der Waals surface area contributed by atoms with Gasteiger partial charge in [-0.05, 0) is 132 Å². The van der Waals surface area contributed by atoms with Gasteiger partial charge in [0.1, 0.15) is 0 Å². The van der Waals surface area contributed by atoms with Crippen molar-refractivity contribution < 1.29 is 0 Å². The Morgan fingerprint density at radius 2 is 0.767 bits per heavy atom. The summed E-state index contributed by atoms with van der Waals surface area (Å²) in [7, 11) is 0. The van der Waals surface area contributed by atoms with Crippen LogP contribution in [0.3, 0.4) is 0 Å². The maximum atomic E-state index is 2.57. The molecule has 0 saturated carbocycles. The van der Waals surface area contributed by atoms with Crippen LogP contribution in [0.2, 0.25) is 0 Å². The third-order valence-electron chi connectivity index (χ3n) is 17.5. The second-order valence-electron chi connectivity index (χ2n) is 21.1. The molecule has 1 heterocycles. The van der Waals surface area contributed by atoms with E-state index in [1.54, 1.807) is 0 Å². The van der Waals surface area contributed by atoms with Crippen LogP contribution in [-0.4, -0.2) is 4.57 Å². The van der Waals surface area contributed by atoms with E-state index < -0.39 is 10.8 Å². The number of aromatic nitrogens is 1. The highest BCUT2D eigenvalue weighted by Crippen LogP contribution is 2.69. The molecule has 1 aromatic heterocycles. The first-order valence-electron chi connectivity index (χ1n) is 25.8. The van der Waals surface area contributed by atoms with Gasteiger partial charge in [-0.15, -0.1) is 0 Å². The first kappa shape index (κ1) is 40.7. The van der Waals surface area contributed by atoms with Crippen LogP contribution in [0.4, 0.5) is 17.1 Å². The smallest absolute Gasteiger partial charge is 0.0740 e. The number of hydrogen-bond acceptors (Lipinski definition) is 1. The molecule has 2 nitrogen and oxygen atoms in total. The fourth-order valence-corrected chi connectivity index (χ4v) is 14.7. The Morgan fingerprint density at radius 1 is 0.301 bits per heavy atom. The predicted octanol–water partition coefficient (Wildman–Crippen LogP) is 17.6. The Kier molecular flexibility index (Phi) is 8.12. The molecule has 0 bridgehead atoms. The number of benzene rings is 11. The Balaban J connectivity index is 1.03. The minimum Gasteiger partial charge on any atom is -0.310 e. The molecule has 2 heteroatoms. The Bertz CT molecular complexity index is 4230. The van der Waals surface area contributed by atoms with Gasteiger partial charge in [-0.3, -0.25) is 0 Å². The van der Waals surface area contributed by atoms with Crippen LogP contribution in [0.5, 0.6) is 0 Å². The van der Waals surface area contributed by atoms with Crippen molar-refractivity contribution in [2.24, 2.45) is 0 Å². The lowest BCUT2D eigenvalue weighted by atomic mass is 9.52. The molecule has 0 N–H and O–H groups in total. The van der Waals surface area contributed by atoms with Crippen LogP contribution >= 0.6 is 0 Å². The molecule has 0 amide bonds. The van der Waals surface area contributed by atoms with Crippen LogP contribution in [0.25, 0.3) is 60.9 Å². The van der Waals surface area contributed by atoms with Crippen molar-refractivity contribution in [2.75, 3.05) is 4.90 Å². The monoisotopic (exact) mass is 928 g/mol. The van der Waals surface area contributed by atoms with E-state index in [1.807, 2.05) is 0 Å². The minimum absolute atomic E-state index is 0.133. The molecule has 0 unspecified atom stereocenters. The summed E-state index contributed by atoms with van der Waals surface area (Å²) in [6.45, 7) is 4.76. The number of hydrogen-bond donors (Lipinski definition) is 0. The van der Waals surface area contributed by atoms with Gasteiger partial charge in [-0.2, -0.15) is 0 Å². The van der Waals surface area contributed by atoms with Crippen LogP contribution < -0.4 is 4.90 Å². The van der Waals surface area contributed by atoms with Gasteiger partial charge in [-0.25, -0.2) is 0 Å². The summed E-state index contributed by atoms with van der Waals surface area (Å²) in [5, 5.41) is 2.47. The van der Waals surface area contributed by atoms with E-state index in [1.165, 1.54) is 117 Å². The lowest BCUT2D eigenvalue weighted by molar-refractivity contribution is 0.633. The molecule has 0 radical (unpaired) electrons. The molecule has 0 fully saturated rings. The maximum Gasteiger partial charge on any atom is 0.0740 e. The third-order valence-corrected chi connectivity index (χ3v) is 17.5. The average Bonchev–Trinajstić information content (AvgIpc) is 4.13. The van der Waals surface area contributed by atoms with Crippen molar-refractivity contribution >= 4 is 38.9 Å². The Labute approximate surface area is 425 Å². The summed E-state index contributed by atoms with van der Waals surface area (Å²) in [6.07, 6.45) is 0. The number of para-hydroxylation sites is 2. The predicted molar refractivity (Wildman–Crippen MR) is 301 cm³/mol. The van der Waals surface area contributed by atoms with Gasteiger partial charge in [0.25, 0.3) is 0 Å². The van der Waals surface area contributed by atoms with E-state index in [-0.39, 0.29) is 5.41 Å². The van der Waals surface area contributed by atoms with E-state index in [0.717, 1.165) is 17.1 Å². The van der Waals surface area contributed by atoms with Crippen molar-refractivity contribution in [3.05, 3.63) is 310 Å². The highest BCUT2D eigenvalue weighted by atomic mass is 15.1. The summed E-state index contributed by atoms with van der Waals surface area (Å²) in [5.41, 5.74) is 26.6. The molecule has 4 aliphatic rings. The average molecular weight is 929 g/mol. The normalized spacial score (nSPS) is 15.0. The summed E-state index contributed by atoms with van der Waals surface area (Å²) in [4.78, 5) is 2.57. The fraction of sp³-hybridized carbons (Fsp3) is 0.0704. The van der Waals surface area contributed by atoms with Gasteiger partial charge in [0.15, 0.2) is 0 Å². The topological polar surface area (TPSA) is 8.17 Å². The number of nitrogens with zero attached hydrogens (tertiary/aromatic N) is 2. The molecule has 11 aromatic carbocycles. The summed E-state index contributed by atoms with van der Waals surface area (Å²) in [6, 6.07) is 96.8. The molecule has 73 heavy (non-hydrogen) atoms. The summed E-state index contributed by atoms with van der Waals surface area (Å²) >= 11 is 0. The standard InChI is InChI=1S/C71H48N2/c1-69(2)56-29-12-6-23-48(56)53-41-39-46(43-64(53)69)73-65-37-19-11-28-54(65)55-42-40-47(44-67(55)73)72(45-21-4-3-5-22-45)66-38-20-36-63-68(66)71(59-32-15-9-26-51(59)52-27-10-16-33-60(52)71)62-35-18-17-34-61(62)70(63)57-30-13-7-24-49(57)50-25-8-14-31-58(50)70/h3-44H,1-2H3. The van der Waals surface area contributed by atoms with Gasteiger partial charge >= 0.3 is 0 Å². The van der Waals surface area contributed by atoms with Gasteiger partial charge in [-0.1, -0.05) is 220 Å². The number of rotatable bonds is 4. The zero-order valence-electron chi connectivity index (χ0n) is 40.6. The van der Waals surface area contributed by atoms with Crippen LogP contribution in [0.15, 0.2) is 255 Å². The van der Waals surface area contributed by atoms with Crippen molar-refractivity contribution in [1.29, 1.82) is 0 Å². The van der Waals surface area contributed by atoms with Gasteiger partial charge in [0, 0.05) is 38.8 Å². The molecule has 12 aromatic rings. The van der Waals surface area contributed by atoms with Crippen LogP contribution in [0.1, 0.15) is 69.5 Å². The van der Waals surface area contributed by atoms with Gasteiger partial charge in [0.2, 0.25) is 0 Å². The molecule has 0 saturated heterocycles. The number of anilines is 3. The van der Waals surface area contributed by atoms with Crippen molar-refractivity contribution in [3.63, 3.8) is 0 Å². The Morgan fingerprint density at radius 3 is 1.40 bits per heavy atom. The van der Waals surface area contributed by atoms with E-state index in [9.17, 15) is 0 Å². The van der Waals surface area contributed by atoms with E-state index in [2.05, 4.69) is 278 Å². The summed E-state index contributed by atoms with van der Waals surface area (Å²) < 4.78 is 2.51.